The number of hydrogen-bond acceptors (Lipinski definition) is 4. The number of carbonyl (C=O) groups is 1. The van der Waals surface area contributed by atoms with E-state index in [1.54, 1.807) is 26.4 Å². The van der Waals surface area contributed by atoms with E-state index in [4.69, 9.17) is 9.47 Å². The van der Waals surface area contributed by atoms with Gasteiger partial charge in [0, 0.05) is 19.1 Å². The molecule has 1 aromatic rings. The molecule has 1 saturated heterocycles. The van der Waals surface area contributed by atoms with Crippen LogP contribution in [-0.2, 0) is 0 Å². The molecule has 1 aliphatic heterocycles. The van der Waals surface area contributed by atoms with E-state index in [9.17, 15) is 4.79 Å². The molecule has 1 heterocycles. The first-order valence-electron chi connectivity index (χ1n) is 7.45. The van der Waals surface area contributed by atoms with Crippen molar-refractivity contribution in [1.82, 2.24) is 10.2 Å². The van der Waals surface area contributed by atoms with E-state index in [-0.39, 0.29) is 11.9 Å². The Balaban J connectivity index is 2.28. The van der Waals surface area contributed by atoms with Crippen molar-refractivity contribution in [2.45, 2.75) is 25.8 Å². The Kier molecular flexibility index (Phi) is 5.44. The Morgan fingerprint density at radius 2 is 2.19 bits per heavy atom. The summed E-state index contributed by atoms with van der Waals surface area (Å²) in [6.07, 6.45) is 2.14. The van der Waals surface area contributed by atoms with Gasteiger partial charge in [-0.2, -0.15) is 0 Å². The second kappa shape index (κ2) is 7.31. The van der Waals surface area contributed by atoms with Gasteiger partial charge in [0.1, 0.15) is 0 Å². The molecular formula is C16H24N2O3. The average Bonchev–Trinajstić information content (AvgIpc) is 2.55. The predicted octanol–water partition coefficient (Wildman–Crippen LogP) is 1.92. The zero-order valence-electron chi connectivity index (χ0n) is 13.0. The normalized spacial score (nSPS) is 18.1. The highest BCUT2D eigenvalue weighted by Crippen LogP contribution is 2.32. The van der Waals surface area contributed by atoms with E-state index in [1.807, 2.05) is 17.9 Å². The Morgan fingerprint density at radius 3 is 2.76 bits per heavy atom. The van der Waals surface area contributed by atoms with Crippen molar-refractivity contribution in [2.24, 2.45) is 0 Å². The summed E-state index contributed by atoms with van der Waals surface area (Å²) in [5, 5.41) is 3.36. The van der Waals surface area contributed by atoms with Gasteiger partial charge in [0.15, 0.2) is 11.5 Å². The largest absolute Gasteiger partial charge is 0.493 e. The molecule has 1 fully saturated rings. The van der Waals surface area contributed by atoms with Crippen LogP contribution >= 0.6 is 0 Å². The monoisotopic (exact) mass is 292 g/mol. The Morgan fingerprint density at radius 1 is 1.38 bits per heavy atom. The molecule has 0 radical (unpaired) electrons. The molecule has 116 valence electrons. The molecule has 1 aromatic carbocycles. The van der Waals surface area contributed by atoms with Gasteiger partial charge in [-0.25, -0.2) is 0 Å². The topological polar surface area (TPSA) is 50.8 Å². The van der Waals surface area contributed by atoms with Gasteiger partial charge in [0.25, 0.3) is 5.91 Å². The zero-order chi connectivity index (χ0) is 15.2. The number of nitrogens with zero attached hydrogens (tertiary/aromatic N) is 1. The van der Waals surface area contributed by atoms with Gasteiger partial charge >= 0.3 is 0 Å². The summed E-state index contributed by atoms with van der Waals surface area (Å²) in [6.45, 7) is 4.58. The number of piperidine rings is 1. The number of carbonyl (C=O) groups excluding carboxylic acids is 1. The summed E-state index contributed by atoms with van der Waals surface area (Å²) in [6, 6.07) is 5.66. The third kappa shape index (κ3) is 3.29. The van der Waals surface area contributed by atoms with Crippen LogP contribution in [-0.4, -0.2) is 50.7 Å². The van der Waals surface area contributed by atoms with E-state index < -0.39 is 0 Å². The standard InChI is InChI=1S/C16H24N2O3/c1-4-18(12-7-6-10-17-11-12)16(19)13-8-5-9-14(20-2)15(13)21-3/h5,8-9,12,17H,4,6-7,10-11H2,1-3H3. The van der Waals surface area contributed by atoms with Crippen molar-refractivity contribution >= 4 is 5.91 Å². The number of hydrogen-bond donors (Lipinski definition) is 1. The first-order valence-corrected chi connectivity index (χ1v) is 7.45. The van der Waals surface area contributed by atoms with Crippen LogP contribution in [0.2, 0.25) is 0 Å². The molecule has 5 nitrogen and oxygen atoms in total. The molecule has 21 heavy (non-hydrogen) atoms. The third-order valence-corrected chi connectivity index (χ3v) is 3.95. The lowest BCUT2D eigenvalue weighted by Gasteiger charge is -2.34. The van der Waals surface area contributed by atoms with Crippen molar-refractivity contribution < 1.29 is 14.3 Å². The maximum atomic E-state index is 12.9. The fourth-order valence-electron chi connectivity index (χ4n) is 2.88. The first kappa shape index (κ1) is 15.6. The highest BCUT2D eigenvalue weighted by atomic mass is 16.5. The van der Waals surface area contributed by atoms with Crippen molar-refractivity contribution in [3.63, 3.8) is 0 Å². The Labute approximate surface area is 126 Å². The first-order chi connectivity index (χ1) is 10.2. The number of para-hydroxylation sites is 1. The predicted molar refractivity (Wildman–Crippen MR) is 82.1 cm³/mol. The van der Waals surface area contributed by atoms with Crippen molar-refractivity contribution in [3.8, 4) is 11.5 Å². The summed E-state index contributed by atoms with van der Waals surface area (Å²) in [5.41, 5.74) is 0.560. The van der Waals surface area contributed by atoms with Crippen molar-refractivity contribution in [3.05, 3.63) is 23.8 Å². The minimum absolute atomic E-state index is 0.00181. The van der Waals surface area contributed by atoms with Crippen LogP contribution in [0.3, 0.4) is 0 Å². The van der Waals surface area contributed by atoms with E-state index in [2.05, 4.69) is 5.32 Å². The maximum absolute atomic E-state index is 12.9. The van der Waals surface area contributed by atoms with Crippen LogP contribution in [0.25, 0.3) is 0 Å². The maximum Gasteiger partial charge on any atom is 0.258 e. The van der Waals surface area contributed by atoms with Gasteiger partial charge < -0.3 is 19.7 Å². The van der Waals surface area contributed by atoms with Gasteiger partial charge in [-0.1, -0.05) is 6.07 Å². The van der Waals surface area contributed by atoms with Gasteiger partial charge in [-0.3, -0.25) is 4.79 Å². The van der Waals surface area contributed by atoms with Gasteiger partial charge in [0.05, 0.1) is 19.8 Å². The number of ether oxygens (including phenoxy) is 2. The fourth-order valence-corrected chi connectivity index (χ4v) is 2.88. The van der Waals surface area contributed by atoms with E-state index in [0.717, 1.165) is 25.9 Å². The summed E-state index contributed by atoms with van der Waals surface area (Å²) < 4.78 is 10.7. The lowest BCUT2D eigenvalue weighted by Crippen LogP contribution is -2.48. The Hall–Kier alpha value is -1.75. The summed E-state index contributed by atoms with van der Waals surface area (Å²) in [7, 11) is 3.14. The van der Waals surface area contributed by atoms with Crippen molar-refractivity contribution in [2.75, 3.05) is 33.9 Å². The van der Waals surface area contributed by atoms with Crippen LogP contribution < -0.4 is 14.8 Å². The highest BCUT2D eigenvalue weighted by Gasteiger charge is 2.27. The molecule has 1 aliphatic rings. The molecule has 0 aliphatic carbocycles. The molecule has 0 saturated carbocycles. The van der Waals surface area contributed by atoms with Gasteiger partial charge in [-0.15, -0.1) is 0 Å². The van der Waals surface area contributed by atoms with Gasteiger partial charge in [-0.05, 0) is 38.4 Å². The second-order valence-corrected chi connectivity index (χ2v) is 5.13. The molecule has 0 aromatic heterocycles. The lowest BCUT2D eigenvalue weighted by atomic mass is 10.0. The number of nitrogens with one attached hydrogen (secondary N) is 1. The van der Waals surface area contributed by atoms with Crippen LogP contribution in [0, 0.1) is 0 Å². The number of benzene rings is 1. The molecular weight excluding hydrogens is 268 g/mol. The highest BCUT2D eigenvalue weighted by molar-refractivity contribution is 5.98. The molecule has 0 spiro atoms. The van der Waals surface area contributed by atoms with E-state index >= 15 is 0 Å². The zero-order valence-corrected chi connectivity index (χ0v) is 13.0. The van der Waals surface area contributed by atoms with E-state index in [1.165, 1.54) is 0 Å². The smallest absolute Gasteiger partial charge is 0.258 e. The quantitative estimate of drug-likeness (QED) is 0.901. The number of likely N-dealkylation sites (N-methyl/N-ethyl adjacent to an activating group) is 1. The molecule has 1 N–H and O–H groups in total. The van der Waals surface area contributed by atoms with Crippen LogP contribution in [0.4, 0.5) is 0 Å². The molecule has 1 amide bonds. The van der Waals surface area contributed by atoms with Gasteiger partial charge in [0.2, 0.25) is 0 Å². The number of amides is 1. The average molecular weight is 292 g/mol. The summed E-state index contributed by atoms with van der Waals surface area (Å²) in [4.78, 5) is 14.8. The molecule has 2 rings (SSSR count). The number of rotatable bonds is 5. The van der Waals surface area contributed by atoms with E-state index in [0.29, 0.717) is 23.6 Å². The van der Waals surface area contributed by atoms with Crippen LogP contribution in [0.5, 0.6) is 11.5 Å². The molecule has 1 unspecified atom stereocenters. The lowest BCUT2D eigenvalue weighted by molar-refractivity contribution is 0.0658. The molecule has 1 atom stereocenters. The third-order valence-electron chi connectivity index (χ3n) is 3.95. The molecule has 5 heteroatoms. The number of methoxy groups -OCH3 is 2. The minimum atomic E-state index is 0.00181. The summed E-state index contributed by atoms with van der Waals surface area (Å²) >= 11 is 0. The second-order valence-electron chi connectivity index (χ2n) is 5.13. The fraction of sp³-hybridized carbons (Fsp3) is 0.562. The van der Waals surface area contributed by atoms with Crippen LogP contribution in [0.1, 0.15) is 30.1 Å². The Bertz CT molecular complexity index is 484. The minimum Gasteiger partial charge on any atom is -0.493 e. The summed E-state index contributed by atoms with van der Waals surface area (Å²) in [5.74, 6) is 1.09. The van der Waals surface area contributed by atoms with Crippen molar-refractivity contribution in [1.29, 1.82) is 0 Å². The van der Waals surface area contributed by atoms with Crippen LogP contribution in [0.15, 0.2) is 18.2 Å². The molecule has 0 bridgehead atoms. The SMILES string of the molecule is CCN(C(=O)c1cccc(OC)c1OC)C1CCCNC1.